The molecule has 5 heteroatoms. The number of imidazole rings is 1. The minimum Gasteiger partial charge on any atom is -0.410 e. The summed E-state index contributed by atoms with van der Waals surface area (Å²) in [5.74, 6) is 0.474. The van der Waals surface area contributed by atoms with Gasteiger partial charge in [0.15, 0.2) is 0 Å². The van der Waals surface area contributed by atoms with Crippen molar-refractivity contribution in [1.82, 2.24) is 9.55 Å². The minimum absolute atomic E-state index is 0.474. The van der Waals surface area contributed by atoms with Gasteiger partial charge in [-0.25, -0.2) is 9.78 Å². The van der Waals surface area contributed by atoms with Gasteiger partial charge in [-0.15, -0.1) is 0 Å². The van der Waals surface area contributed by atoms with Crippen molar-refractivity contribution in [1.29, 1.82) is 0 Å². The molecule has 1 heterocycles. The molecule has 0 unspecified atom stereocenters. The summed E-state index contributed by atoms with van der Waals surface area (Å²) in [4.78, 5) is 16.3. The van der Waals surface area contributed by atoms with Crippen LogP contribution < -0.4 is 10.1 Å². The van der Waals surface area contributed by atoms with E-state index in [9.17, 15) is 4.79 Å². The molecule has 0 aliphatic heterocycles. The predicted molar refractivity (Wildman–Crippen MR) is 97.2 cm³/mol. The zero-order valence-corrected chi connectivity index (χ0v) is 13.3. The number of hydrogen-bond donors (Lipinski definition) is 1. The molecule has 1 N–H and O–H groups in total. The van der Waals surface area contributed by atoms with Gasteiger partial charge in [0.25, 0.3) is 0 Å². The molecule has 0 atom stereocenters. The number of amides is 1. The van der Waals surface area contributed by atoms with Crippen LogP contribution >= 0.6 is 0 Å². The number of benzene rings is 3. The van der Waals surface area contributed by atoms with E-state index >= 15 is 0 Å². The number of nitrogens with one attached hydrogen (secondary N) is 1. The van der Waals surface area contributed by atoms with Crippen LogP contribution in [0.15, 0.2) is 85.2 Å². The normalized spacial score (nSPS) is 10.6. The van der Waals surface area contributed by atoms with E-state index in [1.54, 1.807) is 30.6 Å². The number of ether oxygens (including phenoxy) is 1. The van der Waals surface area contributed by atoms with Crippen molar-refractivity contribution in [2.75, 3.05) is 5.32 Å². The Morgan fingerprint density at radius 1 is 0.880 bits per heavy atom. The second kappa shape index (κ2) is 6.49. The van der Waals surface area contributed by atoms with Crippen LogP contribution in [-0.2, 0) is 0 Å². The lowest BCUT2D eigenvalue weighted by atomic mass is 10.2. The van der Waals surface area contributed by atoms with Crippen molar-refractivity contribution >= 4 is 22.8 Å². The van der Waals surface area contributed by atoms with Crippen LogP contribution in [0, 0.1) is 0 Å². The Morgan fingerprint density at radius 2 is 1.60 bits per heavy atom. The summed E-state index contributed by atoms with van der Waals surface area (Å²) in [6, 6.07) is 24.4. The van der Waals surface area contributed by atoms with Gasteiger partial charge in [0, 0.05) is 11.4 Å². The fraction of sp³-hybridized carbons (Fsp3) is 0. The van der Waals surface area contributed by atoms with E-state index < -0.39 is 6.09 Å². The highest BCUT2D eigenvalue weighted by molar-refractivity contribution is 5.86. The number of aromatic nitrogens is 2. The van der Waals surface area contributed by atoms with Gasteiger partial charge in [0.2, 0.25) is 0 Å². The molecule has 4 rings (SSSR count). The van der Waals surface area contributed by atoms with Gasteiger partial charge in [0.1, 0.15) is 12.1 Å². The highest BCUT2D eigenvalue weighted by Gasteiger charge is 2.07. The van der Waals surface area contributed by atoms with Gasteiger partial charge in [-0.3, -0.25) is 9.88 Å². The Hall–Kier alpha value is -3.60. The molecule has 1 amide bonds. The second-order valence-corrected chi connectivity index (χ2v) is 5.48. The molecule has 1 aromatic heterocycles. The van der Waals surface area contributed by atoms with Crippen LogP contribution in [0.3, 0.4) is 0 Å². The first-order valence-electron chi connectivity index (χ1n) is 7.86. The molecular formula is C20H15N3O2. The van der Waals surface area contributed by atoms with Crippen molar-refractivity contribution in [3.8, 4) is 11.4 Å². The monoisotopic (exact) mass is 329 g/mol. The maximum absolute atomic E-state index is 11.9. The molecular weight excluding hydrogens is 314 g/mol. The summed E-state index contributed by atoms with van der Waals surface area (Å²) >= 11 is 0. The Kier molecular flexibility index (Phi) is 3.88. The molecule has 0 aliphatic rings. The number of carbonyl (C=O) groups is 1. The summed E-state index contributed by atoms with van der Waals surface area (Å²) in [5, 5.41) is 2.68. The Labute approximate surface area is 144 Å². The minimum atomic E-state index is -0.521. The average Bonchev–Trinajstić information content (AvgIpc) is 3.07. The van der Waals surface area contributed by atoms with E-state index in [0.29, 0.717) is 11.4 Å². The third kappa shape index (κ3) is 3.21. The lowest BCUT2D eigenvalue weighted by Crippen LogP contribution is -2.16. The predicted octanol–water partition coefficient (Wildman–Crippen LogP) is 4.64. The molecule has 3 aromatic carbocycles. The molecule has 0 fully saturated rings. The van der Waals surface area contributed by atoms with Crippen LogP contribution in [0.4, 0.5) is 10.5 Å². The van der Waals surface area contributed by atoms with Gasteiger partial charge in [-0.2, -0.15) is 0 Å². The fourth-order valence-corrected chi connectivity index (χ4v) is 2.61. The highest BCUT2D eigenvalue weighted by Crippen LogP contribution is 2.20. The summed E-state index contributed by atoms with van der Waals surface area (Å²) in [5.41, 5.74) is 3.60. The second-order valence-electron chi connectivity index (χ2n) is 5.48. The Bertz CT molecular complexity index is 1010. The first kappa shape index (κ1) is 15.0. The van der Waals surface area contributed by atoms with E-state index in [1.807, 2.05) is 59.2 Å². The maximum Gasteiger partial charge on any atom is 0.417 e. The van der Waals surface area contributed by atoms with Crippen LogP contribution in [0.25, 0.3) is 16.7 Å². The quantitative estimate of drug-likeness (QED) is 0.596. The van der Waals surface area contributed by atoms with Crippen LogP contribution in [0.1, 0.15) is 0 Å². The highest BCUT2D eigenvalue weighted by atomic mass is 16.6. The smallest absolute Gasteiger partial charge is 0.410 e. The van der Waals surface area contributed by atoms with Crippen molar-refractivity contribution in [3.05, 3.63) is 85.2 Å². The largest absolute Gasteiger partial charge is 0.417 e. The first-order chi connectivity index (χ1) is 12.3. The van der Waals surface area contributed by atoms with Crippen LogP contribution in [-0.4, -0.2) is 15.6 Å². The molecule has 0 saturated heterocycles. The van der Waals surface area contributed by atoms with Crippen molar-refractivity contribution in [2.24, 2.45) is 0 Å². The number of fused-ring (bicyclic) bond motifs is 1. The topological polar surface area (TPSA) is 56.1 Å². The lowest BCUT2D eigenvalue weighted by molar-refractivity contribution is 0.215. The van der Waals surface area contributed by atoms with E-state index in [0.717, 1.165) is 16.7 Å². The van der Waals surface area contributed by atoms with Crippen LogP contribution in [0.5, 0.6) is 5.75 Å². The van der Waals surface area contributed by atoms with E-state index in [4.69, 9.17) is 4.74 Å². The molecule has 5 nitrogen and oxygen atoms in total. The number of nitrogens with zero attached hydrogens (tertiary/aromatic N) is 2. The van der Waals surface area contributed by atoms with E-state index in [2.05, 4.69) is 10.3 Å². The van der Waals surface area contributed by atoms with Crippen molar-refractivity contribution in [3.63, 3.8) is 0 Å². The van der Waals surface area contributed by atoms with Crippen molar-refractivity contribution < 1.29 is 9.53 Å². The Morgan fingerprint density at radius 3 is 2.40 bits per heavy atom. The lowest BCUT2D eigenvalue weighted by Gasteiger charge is -2.08. The van der Waals surface area contributed by atoms with Gasteiger partial charge in [-0.1, -0.05) is 30.3 Å². The maximum atomic E-state index is 11.9. The standard InChI is InChI=1S/C20H15N3O2/c24-20(22-15-6-2-1-3-7-15)25-17-12-10-16(11-13-17)23-14-21-18-8-4-5-9-19(18)23/h1-14H,(H,22,24). The summed E-state index contributed by atoms with van der Waals surface area (Å²) in [7, 11) is 0. The number of hydrogen-bond acceptors (Lipinski definition) is 3. The van der Waals surface area contributed by atoms with Gasteiger partial charge in [0.05, 0.1) is 11.0 Å². The summed E-state index contributed by atoms with van der Waals surface area (Å²) < 4.78 is 7.29. The third-order valence-electron chi connectivity index (χ3n) is 3.80. The number of anilines is 1. The zero-order chi connectivity index (χ0) is 17.1. The van der Waals surface area contributed by atoms with Gasteiger partial charge >= 0.3 is 6.09 Å². The molecule has 0 spiro atoms. The SMILES string of the molecule is O=C(Nc1ccccc1)Oc1ccc(-n2cnc3ccccc32)cc1. The molecule has 0 saturated carbocycles. The molecule has 4 aromatic rings. The molecule has 25 heavy (non-hydrogen) atoms. The average molecular weight is 329 g/mol. The number of para-hydroxylation sites is 3. The first-order valence-corrected chi connectivity index (χ1v) is 7.86. The third-order valence-corrected chi connectivity index (χ3v) is 3.80. The van der Waals surface area contributed by atoms with Gasteiger partial charge in [-0.05, 0) is 48.5 Å². The molecule has 0 aliphatic carbocycles. The van der Waals surface area contributed by atoms with Gasteiger partial charge < -0.3 is 4.74 Å². The fourth-order valence-electron chi connectivity index (χ4n) is 2.61. The molecule has 0 bridgehead atoms. The van der Waals surface area contributed by atoms with Crippen molar-refractivity contribution in [2.45, 2.75) is 0 Å². The summed E-state index contributed by atoms with van der Waals surface area (Å²) in [6.07, 6.45) is 1.26. The van der Waals surface area contributed by atoms with E-state index in [1.165, 1.54) is 0 Å². The van der Waals surface area contributed by atoms with E-state index in [-0.39, 0.29) is 0 Å². The molecule has 0 radical (unpaired) electrons. The number of rotatable bonds is 3. The zero-order valence-electron chi connectivity index (χ0n) is 13.3. The number of carbonyl (C=O) groups excluding carboxylic acids is 1. The molecule has 122 valence electrons. The van der Waals surface area contributed by atoms with Crippen LogP contribution in [0.2, 0.25) is 0 Å². The summed E-state index contributed by atoms with van der Waals surface area (Å²) in [6.45, 7) is 0. The Balaban J connectivity index is 1.49.